The fourth-order valence-corrected chi connectivity index (χ4v) is 4.36. The van der Waals surface area contributed by atoms with Crippen LogP contribution >= 0.6 is 0 Å². The maximum atomic E-state index is 12.8. The van der Waals surface area contributed by atoms with Gasteiger partial charge in [-0.3, -0.25) is 9.63 Å². The number of fused-ring (bicyclic) bond motifs is 2. The Morgan fingerprint density at radius 3 is 2.47 bits per heavy atom. The summed E-state index contributed by atoms with van der Waals surface area (Å²) >= 11 is 0. The minimum atomic E-state index is -4.60. The molecular formula is C21H38N4O10S. The maximum absolute atomic E-state index is 12.8. The highest BCUT2D eigenvalue weighted by molar-refractivity contribution is 7.81. The zero-order chi connectivity index (χ0) is 27.1. The summed E-state index contributed by atoms with van der Waals surface area (Å²) in [6.07, 6.45) is 0.564. The molecule has 3 amide bonds. The monoisotopic (exact) mass is 538 g/mol. The van der Waals surface area contributed by atoms with Crippen LogP contribution in [0.2, 0.25) is 0 Å². The number of esters is 1. The number of carbonyl (C=O) groups excluding carboxylic acids is 3. The lowest BCUT2D eigenvalue weighted by atomic mass is 9.95. The number of carbonyl (C=O) groups is 3. The van der Waals surface area contributed by atoms with Crippen molar-refractivity contribution in [2.24, 2.45) is 5.41 Å². The van der Waals surface area contributed by atoms with Gasteiger partial charge >= 0.3 is 28.5 Å². The average Bonchev–Trinajstić information content (AvgIpc) is 3.00. The molecule has 0 radical (unpaired) electrons. The van der Waals surface area contributed by atoms with Crippen molar-refractivity contribution in [1.29, 1.82) is 0 Å². The van der Waals surface area contributed by atoms with Gasteiger partial charge in [-0.25, -0.2) is 19.3 Å². The molecule has 15 heteroatoms. The maximum Gasteiger partial charge on any atom is 0.421 e. The molecule has 0 spiro atoms. The van der Waals surface area contributed by atoms with E-state index in [0.29, 0.717) is 19.4 Å². The first-order chi connectivity index (χ1) is 16.6. The van der Waals surface area contributed by atoms with Gasteiger partial charge in [0.15, 0.2) is 0 Å². The Hall–Kier alpha value is -2.20. The number of ether oxygens (including phenoxy) is 2. The van der Waals surface area contributed by atoms with Crippen molar-refractivity contribution < 1.29 is 45.6 Å². The van der Waals surface area contributed by atoms with Gasteiger partial charge in [-0.15, -0.1) is 4.28 Å². The van der Waals surface area contributed by atoms with Crippen LogP contribution < -0.4 is 10.8 Å². The normalized spacial score (nSPS) is 20.4. The van der Waals surface area contributed by atoms with Gasteiger partial charge in [0.2, 0.25) is 0 Å². The summed E-state index contributed by atoms with van der Waals surface area (Å²) in [6.45, 7) is 10.5. The molecule has 208 valence electrons. The molecule has 2 aliphatic rings. The van der Waals surface area contributed by atoms with Crippen LogP contribution in [0.1, 0.15) is 54.4 Å². The molecule has 0 saturated carbocycles. The van der Waals surface area contributed by atoms with Gasteiger partial charge < -0.3 is 19.7 Å². The molecule has 0 aromatic carbocycles. The Balaban J connectivity index is 1.76. The summed E-state index contributed by atoms with van der Waals surface area (Å²) in [7, 11) is -4.60. The zero-order valence-electron chi connectivity index (χ0n) is 21.7. The van der Waals surface area contributed by atoms with E-state index in [1.54, 1.807) is 27.7 Å². The quantitative estimate of drug-likeness (QED) is 0.196. The number of hydroxylamine groups is 3. The Morgan fingerprint density at radius 2 is 1.83 bits per heavy atom. The van der Waals surface area contributed by atoms with E-state index in [2.05, 4.69) is 10.8 Å². The van der Waals surface area contributed by atoms with E-state index in [-0.39, 0.29) is 32.3 Å². The molecule has 36 heavy (non-hydrogen) atoms. The minimum absolute atomic E-state index is 0.148. The van der Waals surface area contributed by atoms with Crippen LogP contribution in [-0.4, -0.2) is 93.6 Å². The van der Waals surface area contributed by atoms with E-state index >= 15 is 0 Å². The van der Waals surface area contributed by atoms with Crippen LogP contribution in [0.15, 0.2) is 0 Å². The zero-order valence-corrected chi connectivity index (χ0v) is 22.5. The lowest BCUT2D eigenvalue weighted by Crippen LogP contribution is -2.46. The van der Waals surface area contributed by atoms with Crippen LogP contribution in [0.3, 0.4) is 0 Å². The summed E-state index contributed by atoms with van der Waals surface area (Å²) in [5.74, 6) is -0.613. The van der Waals surface area contributed by atoms with Gasteiger partial charge in [0.25, 0.3) is 0 Å². The highest BCUT2D eigenvalue weighted by Crippen LogP contribution is 2.31. The van der Waals surface area contributed by atoms with Gasteiger partial charge in [0.05, 0.1) is 31.3 Å². The molecule has 0 aromatic heterocycles. The smallest absolute Gasteiger partial charge is 0.421 e. The first-order valence-electron chi connectivity index (χ1n) is 11.8. The molecule has 0 aliphatic carbocycles. The summed E-state index contributed by atoms with van der Waals surface area (Å²) in [5.41, 5.74) is 0.956. The molecular weight excluding hydrogens is 500 g/mol. The van der Waals surface area contributed by atoms with E-state index in [4.69, 9.17) is 22.8 Å². The van der Waals surface area contributed by atoms with Crippen LogP contribution in [0.5, 0.6) is 0 Å². The van der Waals surface area contributed by atoms with Crippen LogP contribution in [0, 0.1) is 5.41 Å². The van der Waals surface area contributed by atoms with Crippen molar-refractivity contribution in [1.82, 2.24) is 20.8 Å². The molecule has 0 aromatic rings. The van der Waals surface area contributed by atoms with Crippen molar-refractivity contribution in [2.45, 2.75) is 72.1 Å². The second-order valence-electron chi connectivity index (χ2n) is 10.1. The summed E-state index contributed by atoms with van der Waals surface area (Å²) < 4.78 is 44.5. The Morgan fingerprint density at radius 1 is 1.14 bits per heavy atom. The van der Waals surface area contributed by atoms with Crippen molar-refractivity contribution in [3.63, 3.8) is 0 Å². The van der Waals surface area contributed by atoms with E-state index < -0.39 is 52.2 Å². The third-order valence-electron chi connectivity index (χ3n) is 5.30. The SMILES string of the molecule is CCOC(=O)C(C)(C)COS(=O)(=O)ON1C(=O)N2C[C@H]1CC[C@H]2CNOCCNC(=O)OC(C)(C)C. The van der Waals surface area contributed by atoms with Crippen molar-refractivity contribution >= 4 is 28.5 Å². The number of nitrogens with zero attached hydrogens (tertiary/aromatic N) is 2. The third-order valence-corrected chi connectivity index (χ3v) is 6.05. The number of urea groups is 1. The Bertz CT molecular complexity index is 890. The van der Waals surface area contributed by atoms with E-state index in [1.165, 1.54) is 18.7 Å². The Labute approximate surface area is 212 Å². The number of rotatable bonds is 13. The average molecular weight is 539 g/mol. The van der Waals surface area contributed by atoms with Gasteiger partial charge in [-0.05, 0) is 54.4 Å². The molecule has 0 unspecified atom stereocenters. The highest BCUT2D eigenvalue weighted by Gasteiger charge is 2.47. The number of amides is 3. The molecule has 2 bridgehead atoms. The highest BCUT2D eigenvalue weighted by atomic mass is 32.3. The molecule has 2 aliphatic heterocycles. The number of piperidine rings is 1. The van der Waals surface area contributed by atoms with Crippen LogP contribution in [0.25, 0.3) is 0 Å². The lowest BCUT2D eigenvalue weighted by Gasteiger charge is -2.30. The molecule has 2 heterocycles. The van der Waals surface area contributed by atoms with Crippen molar-refractivity contribution in [3.8, 4) is 0 Å². The van der Waals surface area contributed by atoms with Gasteiger partial charge in [0.1, 0.15) is 5.60 Å². The van der Waals surface area contributed by atoms with Crippen molar-refractivity contribution in [3.05, 3.63) is 0 Å². The first-order valence-corrected chi connectivity index (χ1v) is 13.2. The van der Waals surface area contributed by atoms with Gasteiger partial charge in [-0.1, -0.05) is 0 Å². The fourth-order valence-electron chi connectivity index (χ4n) is 3.49. The van der Waals surface area contributed by atoms with E-state index in [9.17, 15) is 22.8 Å². The van der Waals surface area contributed by atoms with Crippen LogP contribution in [0.4, 0.5) is 9.59 Å². The summed E-state index contributed by atoms with van der Waals surface area (Å²) in [6, 6.07) is -1.30. The fraction of sp³-hybridized carbons (Fsp3) is 0.857. The van der Waals surface area contributed by atoms with Crippen LogP contribution in [-0.2, 0) is 38.0 Å². The summed E-state index contributed by atoms with van der Waals surface area (Å²) in [5, 5.41) is 3.37. The molecule has 2 atom stereocenters. The largest absolute Gasteiger partial charge is 0.466 e. The minimum Gasteiger partial charge on any atom is -0.466 e. The lowest BCUT2D eigenvalue weighted by molar-refractivity contribution is -0.155. The third kappa shape index (κ3) is 9.03. The molecule has 2 saturated heterocycles. The second-order valence-corrected chi connectivity index (χ2v) is 11.3. The number of hydrogen-bond donors (Lipinski definition) is 2. The predicted molar refractivity (Wildman–Crippen MR) is 125 cm³/mol. The van der Waals surface area contributed by atoms with Crippen molar-refractivity contribution in [2.75, 3.05) is 39.5 Å². The van der Waals surface area contributed by atoms with E-state index in [1.807, 2.05) is 0 Å². The van der Waals surface area contributed by atoms with Gasteiger partial charge in [-0.2, -0.15) is 13.5 Å². The molecule has 2 rings (SSSR count). The summed E-state index contributed by atoms with van der Waals surface area (Å²) in [4.78, 5) is 43.1. The number of alkyl carbamates (subject to hydrolysis) is 1. The molecule has 14 nitrogen and oxygen atoms in total. The van der Waals surface area contributed by atoms with Gasteiger partial charge in [0, 0.05) is 25.7 Å². The molecule has 2 fully saturated rings. The first kappa shape index (κ1) is 30.0. The standard InChI is InChI=1S/C21H38N4O10S/c1-7-31-17(26)21(5,6)14-33-36(29,30)35-25-16-9-8-15(24(13-16)19(25)28)12-23-32-11-10-22-18(27)34-20(2,3)4/h15-16,23H,7-14H2,1-6H3,(H,22,27)/t15-,16+/m0/s1. The van der Waals surface area contributed by atoms with E-state index in [0.717, 1.165) is 5.06 Å². The topological polar surface area (TPSA) is 162 Å². The Kier molecular flexibility index (Phi) is 10.3. The molecule has 2 N–H and O–H groups in total. The number of hydrogen-bond acceptors (Lipinski definition) is 11. The number of nitrogens with one attached hydrogen (secondary N) is 2. The second kappa shape index (κ2) is 12.4. The predicted octanol–water partition coefficient (Wildman–Crippen LogP) is 1.08.